The van der Waals surface area contributed by atoms with Gasteiger partial charge in [-0.1, -0.05) is 13.8 Å². The molecule has 1 N–H and O–H groups in total. The molecule has 0 aliphatic rings. The number of fused-ring (bicyclic) bond motifs is 1. The Labute approximate surface area is 134 Å². The van der Waals surface area contributed by atoms with Gasteiger partial charge in [-0.2, -0.15) is 5.10 Å². The number of ether oxygens (including phenoxy) is 1. The van der Waals surface area contributed by atoms with Crippen LogP contribution in [0.3, 0.4) is 0 Å². The van der Waals surface area contributed by atoms with E-state index in [1.165, 1.54) is 6.07 Å². The van der Waals surface area contributed by atoms with Crippen molar-refractivity contribution in [3.8, 4) is 5.75 Å². The van der Waals surface area contributed by atoms with E-state index in [0.717, 1.165) is 40.8 Å². The highest BCUT2D eigenvalue weighted by molar-refractivity contribution is 5.84. The van der Waals surface area contributed by atoms with E-state index in [1.54, 1.807) is 12.3 Å². The van der Waals surface area contributed by atoms with Crippen LogP contribution in [0.5, 0.6) is 5.75 Å². The van der Waals surface area contributed by atoms with Gasteiger partial charge in [-0.25, -0.2) is 5.10 Å². The molecule has 0 fully saturated rings. The van der Waals surface area contributed by atoms with E-state index in [4.69, 9.17) is 9.15 Å². The fourth-order valence-corrected chi connectivity index (χ4v) is 2.61. The highest BCUT2D eigenvalue weighted by Crippen LogP contribution is 2.31. The molecule has 5 nitrogen and oxygen atoms in total. The standard InChI is InChI=1S/C18H20N2O3/c1-3-15(4-2)23-16-11-12(9-13-7-8-22-18(13)16)10-14-5-6-17(21)20-19-14/h5-9,11,15H,3-4,10H2,1-2H3,(H,20,21). The summed E-state index contributed by atoms with van der Waals surface area (Å²) in [7, 11) is 0. The summed E-state index contributed by atoms with van der Waals surface area (Å²) in [6, 6.07) is 9.21. The minimum absolute atomic E-state index is 0.171. The van der Waals surface area contributed by atoms with Gasteiger partial charge in [-0.05, 0) is 42.7 Å². The molecule has 1 aromatic carbocycles. The zero-order chi connectivity index (χ0) is 16.2. The lowest BCUT2D eigenvalue weighted by Crippen LogP contribution is -2.14. The average molecular weight is 312 g/mol. The molecule has 2 heterocycles. The van der Waals surface area contributed by atoms with Crippen LogP contribution in [0, 0.1) is 0 Å². The molecular weight excluding hydrogens is 292 g/mol. The van der Waals surface area contributed by atoms with Crippen molar-refractivity contribution in [2.24, 2.45) is 0 Å². The second-order valence-electron chi connectivity index (χ2n) is 5.58. The third kappa shape index (κ3) is 3.44. The Morgan fingerprint density at radius 2 is 2.04 bits per heavy atom. The summed E-state index contributed by atoms with van der Waals surface area (Å²) in [5.74, 6) is 0.764. The van der Waals surface area contributed by atoms with Crippen LogP contribution >= 0.6 is 0 Å². The van der Waals surface area contributed by atoms with Gasteiger partial charge in [0.1, 0.15) is 0 Å². The number of nitrogens with zero attached hydrogens (tertiary/aromatic N) is 1. The van der Waals surface area contributed by atoms with Crippen LogP contribution in [0.2, 0.25) is 0 Å². The lowest BCUT2D eigenvalue weighted by molar-refractivity contribution is 0.193. The molecule has 120 valence electrons. The number of furan rings is 1. The smallest absolute Gasteiger partial charge is 0.264 e. The largest absolute Gasteiger partial charge is 0.487 e. The normalized spacial score (nSPS) is 11.3. The predicted molar refractivity (Wildman–Crippen MR) is 88.9 cm³/mol. The van der Waals surface area contributed by atoms with Crippen molar-refractivity contribution in [1.29, 1.82) is 0 Å². The maximum absolute atomic E-state index is 11.1. The third-order valence-corrected chi connectivity index (χ3v) is 3.90. The molecule has 0 spiro atoms. The average Bonchev–Trinajstić information content (AvgIpc) is 3.03. The van der Waals surface area contributed by atoms with E-state index < -0.39 is 0 Å². The third-order valence-electron chi connectivity index (χ3n) is 3.90. The monoisotopic (exact) mass is 312 g/mol. The summed E-state index contributed by atoms with van der Waals surface area (Å²) < 4.78 is 11.7. The van der Waals surface area contributed by atoms with Crippen LogP contribution in [0.4, 0.5) is 0 Å². The van der Waals surface area contributed by atoms with E-state index >= 15 is 0 Å². The summed E-state index contributed by atoms with van der Waals surface area (Å²) >= 11 is 0. The van der Waals surface area contributed by atoms with Gasteiger partial charge in [0.05, 0.1) is 18.1 Å². The number of aromatic amines is 1. The Bertz CT molecular complexity index is 826. The fraction of sp³-hybridized carbons (Fsp3) is 0.333. The van der Waals surface area contributed by atoms with Gasteiger partial charge in [0, 0.05) is 17.9 Å². The Hall–Kier alpha value is -2.56. The Morgan fingerprint density at radius 1 is 1.22 bits per heavy atom. The summed E-state index contributed by atoms with van der Waals surface area (Å²) in [6.07, 6.45) is 4.36. The molecule has 0 saturated carbocycles. The molecule has 3 rings (SSSR count). The number of hydrogen-bond donors (Lipinski definition) is 1. The number of hydrogen-bond acceptors (Lipinski definition) is 4. The minimum atomic E-state index is -0.197. The summed E-state index contributed by atoms with van der Waals surface area (Å²) in [5, 5.41) is 7.53. The van der Waals surface area contributed by atoms with Crippen molar-refractivity contribution in [3.63, 3.8) is 0 Å². The van der Waals surface area contributed by atoms with Crippen LogP contribution in [0.1, 0.15) is 37.9 Å². The first-order valence-corrected chi connectivity index (χ1v) is 7.91. The molecule has 5 heteroatoms. The predicted octanol–water partition coefficient (Wildman–Crippen LogP) is 3.67. The van der Waals surface area contributed by atoms with Crippen LogP contribution < -0.4 is 10.3 Å². The van der Waals surface area contributed by atoms with Crippen LogP contribution in [-0.2, 0) is 6.42 Å². The SMILES string of the molecule is CCC(CC)Oc1cc(Cc2ccc(=O)[nH]n2)cc2ccoc12. The number of benzene rings is 1. The Balaban J connectivity index is 1.94. The summed E-state index contributed by atoms with van der Waals surface area (Å²) in [4.78, 5) is 11.1. The van der Waals surface area contributed by atoms with E-state index in [2.05, 4.69) is 30.1 Å². The van der Waals surface area contributed by atoms with E-state index in [9.17, 15) is 4.79 Å². The second kappa shape index (κ2) is 6.69. The maximum Gasteiger partial charge on any atom is 0.264 e. The topological polar surface area (TPSA) is 68.1 Å². The Morgan fingerprint density at radius 3 is 2.74 bits per heavy atom. The first kappa shape index (κ1) is 15.3. The molecular formula is C18H20N2O3. The van der Waals surface area contributed by atoms with Gasteiger partial charge in [0.25, 0.3) is 5.56 Å². The van der Waals surface area contributed by atoms with Crippen molar-refractivity contribution >= 4 is 11.0 Å². The van der Waals surface area contributed by atoms with Crippen molar-refractivity contribution in [1.82, 2.24) is 10.2 Å². The molecule has 0 saturated heterocycles. The molecule has 23 heavy (non-hydrogen) atoms. The van der Waals surface area contributed by atoms with Crippen molar-refractivity contribution < 1.29 is 9.15 Å². The van der Waals surface area contributed by atoms with E-state index in [-0.39, 0.29) is 11.7 Å². The molecule has 0 aliphatic carbocycles. The summed E-state index contributed by atoms with van der Waals surface area (Å²) in [5.41, 5.74) is 2.45. The molecule has 2 aromatic heterocycles. The zero-order valence-electron chi connectivity index (χ0n) is 13.3. The first-order valence-electron chi connectivity index (χ1n) is 7.91. The molecule has 0 atom stereocenters. The molecule has 3 aromatic rings. The number of H-pyrrole nitrogens is 1. The maximum atomic E-state index is 11.1. The molecule has 0 unspecified atom stereocenters. The molecule has 0 radical (unpaired) electrons. The number of nitrogens with one attached hydrogen (secondary N) is 1. The minimum Gasteiger partial charge on any atom is -0.487 e. The van der Waals surface area contributed by atoms with Gasteiger partial charge >= 0.3 is 0 Å². The van der Waals surface area contributed by atoms with Crippen LogP contribution in [0.25, 0.3) is 11.0 Å². The Kier molecular flexibility index (Phi) is 4.46. The van der Waals surface area contributed by atoms with Gasteiger partial charge in [-0.3, -0.25) is 4.79 Å². The van der Waals surface area contributed by atoms with Gasteiger partial charge in [0.15, 0.2) is 11.3 Å². The van der Waals surface area contributed by atoms with Gasteiger partial charge in [-0.15, -0.1) is 0 Å². The number of rotatable bonds is 6. The fourth-order valence-electron chi connectivity index (χ4n) is 2.61. The second-order valence-corrected chi connectivity index (χ2v) is 5.58. The summed E-state index contributed by atoms with van der Waals surface area (Å²) in [6.45, 7) is 4.23. The zero-order valence-corrected chi connectivity index (χ0v) is 13.3. The van der Waals surface area contributed by atoms with Crippen molar-refractivity contribution in [2.45, 2.75) is 39.2 Å². The molecule has 0 aliphatic heterocycles. The molecule has 0 bridgehead atoms. The van der Waals surface area contributed by atoms with Gasteiger partial charge in [0.2, 0.25) is 0 Å². The number of aromatic nitrogens is 2. The highest BCUT2D eigenvalue weighted by Gasteiger charge is 2.13. The highest BCUT2D eigenvalue weighted by atomic mass is 16.5. The quantitative estimate of drug-likeness (QED) is 0.754. The van der Waals surface area contributed by atoms with E-state index in [0.29, 0.717) is 6.42 Å². The lowest BCUT2D eigenvalue weighted by Gasteiger charge is -2.16. The van der Waals surface area contributed by atoms with E-state index in [1.807, 2.05) is 12.1 Å². The van der Waals surface area contributed by atoms with Crippen molar-refractivity contribution in [2.75, 3.05) is 0 Å². The first-order chi connectivity index (χ1) is 11.2. The van der Waals surface area contributed by atoms with Crippen LogP contribution in [0.15, 0.2) is 45.8 Å². The lowest BCUT2D eigenvalue weighted by atomic mass is 10.1. The van der Waals surface area contributed by atoms with Gasteiger partial charge < -0.3 is 9.15 Å². The van der Waals surface area contributed by atoms with Crippen LogP contribution in [-0.4, -0.2) is 16.3 Å². The van der Waals surface area contributed by atoms with Crippen molar-refractivity contribution in [3.05, 3.63) is 58.2 Å². The molecule has 0 amide bonds.